The van der Waals surface area contributed by atoms with E-state index in [9.17, 15) is 48.3 Å². The molecule has 0 saturated carbocycles. The minimum atomic E-state index is -2.06. The summed E-state index contributed by atoms with van der Waals surface area (Å²) in [6.07, 6.45) is -0.631. The van der Waals surface area contributed by atoms with Gasteiger partial charge in [0, 0.05) is 41.5 Å². The number of nitrogens with zero attached hydrogens (tertiary/aromatic N) is 2. The van der Waals surface area contributed by atoms with E-state index < -0.39 is 103 Å². The fourth-order valence-corrected chi connectivity index (χ4v) is 11.3. The van der Waals surface area contributed by atoms with Gasteiger partial charge in [-0.05, 0) is 76.8 Å². The zero-order chi connectivity index (χ0) is 58.5. The summed E-state index contributed by atoms with van der Waals surface area (Å²) in [5.41, 5.74) is 5.99. The zero-order valence-electron chi connectivity index (χ0n) is 45.4. The number of cyclic esters (lactones) is 1. The number of nitrogens with one attached hydrogen (secondary N) is 7. The van der Waals surface area contributed by atoms with Crippen molar-refractivity contribution < 1.29 is 62.1 Å². The van der Waals surface area contributed by atoms with Gasteiger partial charge in [0.1, 0.15) is 44.8 Å². The van der Waals surface area contributed by atoms with Crippen LogP contribution in [0, 0.1) is 12.7 Å². The van der Waals surface area contributed by atoms with Crippen molar-refractivity contribution in [3.05, 3.63) is 157 Å². The molecule has 2 aliphatic heterocycles. The van der Waals surface area contributed by atoms with Gasteiger partial charge in [0.25, 0.3) is 5.56 Å². The second-order valence-corrected chi connectivity index (χ2v) is 20.6. The molecule has 23 heteroatoms. The lowest BCUT2D eigenvalue weighted by atomic mass is 9.81. The molecule has 0 fully saturated rings. The molecule has 10 rings (SSSR count). The van der Waals surface area contributed by atoms with E-state index in [1.165, 1.54) is 10.6 Å². The number of aromatic nitrogens is 2. The Morgan fingerprint density at radius 1 is 0.807 bits per heavy atom. The Bertz CT molecular complexity index is 3640. The van der Waals surface area contributed by atoms with E-state index in [1.54, 1.807) is 50.2 Å². The molecule has 2 aliphatic carbocycles. The van der Waals surface area contributed by atoms with E-state index in [1.807, 2.05) is 48.5 Å². The van der Waals surface area contributed by atoms with Crippen LogP contribution in [0.2, 0.25) is 0 Å². The Morgan fingerprint density at radius 2 is 1.49 bits per heavy atom. The van der Waals surface area contributed by atoms with Crippen molar-refractivity contribution in [2.45, 2.75) is 82.7 Å². The van der Waals surface area contributed by atoms with Crippen LogP contribution >= 0.6 is 0 Å². The molecule has 2 aromatic heterocycles. The predicted octanol–water partition coefficient (Wildman–Crippen LogP) is 2.73. The van der Waals surface area contributed by atoms with Crippen LogP contribution in [0.15, 0.2) is 95.8 Å². The van der Waals surface area contributed by atoms with Gasteiger partial charge < -0.3 is 61.1 Å². The maximum Gasteiger partial charge on any atom is 0.407 e. The first-order valence-electron chi connectivity index (χ1n) is 27.2. The Labute approximate surface area is 474 Å². The number of rotatable bonds is 21. The Morgan fingerprint density at radius 3 is 2.23 bits per heavy atom. The van der Waals surface area contributed by atoms with Crippen LogP contribution in [0.5, 0.6) is 0 Å². The topological polar surface area (TPSA) is 304 Å². The van der Waals surface area contributed by atoms with Gasteiger partial charge in [-0.15, -0.1) is 0 Å². The van der Waals surface area contributed by atoms with Gasteiger partial charge >= 0.3 is 12.1 Å². The first kappa shape index (κ1) is 56.9. The second kappa shape index (κ2) is 24.4. The van der Waals surface area contributed by atoms with Crippen molar-refractivity contribution in [2.24, 2.45) is 0 Å². The van der Waals surface area contributed by atoms with Crippen molar-refractivity contribution in [1.82, 2.24) is 46.8 Å². The number of hydrogen-bond acceptors (Lipinski definition) is 14. The molecule has 430 valence electrons. The highest BCUT2D eigenvalue weighted by atomic mass is 19.1. The summed E-state index contributed by atoms with van der Waals surface area (Å²) in [5.74, 6) is -5.45. The quantitative estimate of drug-likeness (QED) is 0.0222. The number of esters is 1. The molecule has 8 N–H and O–H groups in total. The molecule has 3 atom stereocenters. The van der Waals surface area contributed by atoms with Crippen molar-refractivity contribution in [1.29, 1.82) is 0 Å². The third-order valence-corrected chi connectivity index (χ3v) is 15.5. The van der Waals surface area contributed by atoms with E-state index in [0.717, 1.165) is 22.3 Å². The fraction of sp³-hybridized carbons (Fsp3) is 0.333. The molecule has 22 nitrogen and oxygen atoms in total. The summed E-state index contributed by atoms with van der Waals surface area (Å²) in [4.78, 5) is 122. The maximum absolute atomic E-state index is 15.4. The summed E-state index contributed by atoms with van der Waals surface area (Å²) in [6, 6.07) is 25.6. The number of fused-ring (bicyclic) bond motifs is 8. The first-order chi connectivity index (χ1) is 40.0. The molecule has 0 spiro atoms. The Balaban J connectivity index is 0.652. The highest BCUT2D eigenvalue weighted by Crippen LogP contribution is 2.47. The summed E-state index contributed by atoms with van der Waals surface area (Å²) < 4.78 is 33.0. The minimum absolute atomic E-state index is 0.0317. The third kappa shape index (κ3) is 11.9. The molecule has 4 aliphatic rings. The highest BCUT2D eigenvalue weighted by Gasteiger charge is 2.46. The number of amides is 7. The largest absolute Gasteiger partial charge is 0.458 e. The van der Waals surface area contributed by atoms with Crippen LogP contribution in [0.4, 0.5) is 9.18 Å². The molecule has 4 heterocycles. The van der Waals surface area contributed by atoms with Crippen LogP contribution in [-0.4, -0.2) is 114 Å². The van der Waals surface area contributed by atoms with Crippen molar-refractivity contribution in [2.75, 3.05) is 46.1 Å². The molecule has 0 unspecified atom stereocenters. The van der Waals surface area contributed by atoms with Crippen LogP contribution in [0.3, 0.4) is 0 Å². The predicted molar refractivity (Wildman–Crippen MR) is 296 cm³/mol. The van der Waals surface area contributed by atoms with Gasteiger partial charge in [0.05, 0.1) is 54.8 Å². The van der Waals surface area contributed by atoms with Gasteiger partial charge in [0.15, 0.2) is 5.60 Å². The number of aliphatic hydroxyl groups is 1. The normalized spacial score (nSPS) is 16.4. The van der Waals surface area contributed by atoms with Crippen LogP contribution < -0.4 is 42.8 Å². The smallest absolute Gasteiger partial charge is 0.407 e. The number of benzene rings is 4. The second-order valence-electron chi connectivity index (χ2n) is 20.6. The van der Waals surface area contributed by atoms with E-state index in [2.05, 4.69) is 37.2 Å². The summed E-state index contributed by atoms with van der Waals surface area (Å²) in [5, 5.41) is 29.9. The molecule has 0 bridgehead atoms. The van der Waals surface area contributed by atoms with Crippen molar-refractivity contribution in [3.8, 4) is 22.5 Å². The number of carbonyl (C=O) groups is 8. The molecular formula is C60H60FN9O13. The first-order valence-corrected chi connectivity index (χ1v) is 27.2. The molecule has 83 heavy (non-hydrogen) atoms. The van der Waals surface area contributed by atoms with Gasteiger partial charge in [0.2, 0.25) is 35.4 Å². The lowest BCUT2D eigenvalue weighted by molar-refractivity contribution is -0.172. The molecular weight excluding hydrogens is 1070 g/mol. The number of ether oxygens (including phenoxy) is 3. The molecule has 0 radical (unpaired) electrons. The number of alkyl carbamates (subject to hydrolysis) is 1. The van der Waals surface area contributed by atoms with Gasteiger partial charge in [-0.1, -0.05) is 85.8 Å². The van der Waals surface area contributed by atoms with Gasteiger partial charge in [-0.25, -0.2) is 19.0 Å². The highest BCUT2D eigenvalue weighted by molar-refractivity contribution is 5.99. The average molecular weight is 1130 g/mol. The molecule has 6 aromatic rings. The average Bonchev–Trinajstić information content (AvgIpc) is 3.03. The van der Waals surface area contributed by atoms with E-state index in [0.29, 0.717) is 62.9 Å². The van der Waals surface area contributed by atoms with E-state index in [-0.39, 0.29) is 69.5 Å². The van der Waals surface area contributed by atoms with Gasteiger partial charge in [-0.2, -0.15) is 0 Å². The van der Waals surface area contributed by atoms with Crippen molar-refractivity contribution >= 4 is 58.4 Å². The lowest BCUT2D eigenvalue weighted by Crippen LogP contribution is -2.52. The van der Waals surface area contributed by atoms with Crippen molar-refractivity contribution in [3.63, 3.8) is 0 Å². The van der Waals surface area contributed by atoms with E-state index >= 15 is 4.39 Å². The number of carbonyl (C=O) groups excluding carboxylic acids is 8. The molecule has 0 saturated heterocycles. The standard InChI is InChI=1S/C60H60FN9O13/c1-3-60(80)42-22-47-55-39(28-70(47)57(77)41(42)30-82-58(60)78)54-44(18-17-34-32(2)43(61)23-45(69-55)53(34)54)67-49(72)24-48(71)62-19-20-81-31-66-51(74)25-64-56(76)46(21-33-11-5-4-6-12-33)68-52(75)27-63-50(73)26-65-59(79)83-29-40-37-15-9-7-13-35(37)36-14-8-10-16-38(36)40/h4-16,22-23,40,44,46,80H,3,17-21,24-31H2,1-2H3,(H,62,71)(H,63,73)(H,64,76)(H,65,79)(H,66,74)(H,67,72)(H,68,75)/t44-,46-,60-/m0/s1. The Hall–Kier alpha value is -9.35. The minimum Gasteiger partial charge on any atom is -0.458 e. The third-order valence-electron chi connectivity index (χ3n) is 15.5. The van der Waals surface area contributed by atoms with Crippen LogP contribution in [-0.2, 0) is 79.4 Å². The maximum atomic E-state index is 15.4. The van der Waals surface area contributed by atoms with Crippen LogP contribution in [0.25, 0.3) is 33.4 Å². The van der Waals surface area contributed by atoms with Gasteiger partial charge in [-0.3, -0.25) is 33.6 Å². The number of aryl methyl sites for hydroxylation is 1. The number of pyridine rings is 2. The van der Waals surface area contributed by atoms with E-state index in [4.69, 9.17) is 19.2 Å². The zero-order valence-corrected chi connectivity index (χ0v) is 45.4. The summed E-state index contributed by atoms with van der Waals surface area (Å²) in [7, 11) is 0. The molecule has 4 aromatic carbocycles. The lowest BCUT2D eigenvalue weighted by Gasteiger charge is -2.31. The summed E-state index contributed by atoms with van der Waals surface area (Å²) >= 11 is 0. The fourth-order valence-electron chi connectivity index (χ4n) is 11.3. The monoisotopic (exact) mass is 1130 g/mol. The molecule has 7 amide bonds. The Kier molecular flexibility index (Phi) is 16.7. The van der Waals surface area contributed by atoms with Crippen LogP contribution in [0.1, 0.15) is 88.2 Å². The number of hydrogen-bond donors (Lipinski definition) is 8. The number of halogens is 1. The SMILES string of the molecule is CC[C@@]1(O)C(=O)OCc2c1cc1n(c2=O)Cc2c-1nc1cc(F)c(C)c3c1c2[C@@H](NC(=O)CC(=O)NCCOCNC(=O)CNC(=O)[C@H](Cc1ccccc1)NC(=O)CNC(=O)CNC(=O)OCC1c2ccccc2-c2ccccc21)CC3. The summed E-state index contributed by atoms with van der Waals surface area (Å²) in [6.45, 7) is 1.16.